The Morgan fingerprint density at radius 3 is 1.43 bits per heavy atom. The third-order valence-corrected chi connectivity index (χ3v) is 3.39. The van der Waals surface area contributed by atoms with Gasteiger partial charge in [0.05, 0.1) is 9.85 Å². The number of Topliss-reactive ketones (excluding diaryl/α,β-unsaturated/α-hetero) is 1. The second-order valence-corrected chi connectivity index (χ2v) is 5.17. The van der Waals surface area contributed by atoms with E-state index in [0.717, 1.165) is 0 Å². The molecule has 0 aromatic heterocycles. The van der Waals surface area contributed by atoms with Gasteiger partial charge in [0.25, 0.3) is 11.4 Å². The summed E-state index contributed by atoms with van der Waals surface area (Å²) in [4.78, 5) is 40.2. The van der Waals surface area contributed by atoms with Crippen LogP contribution in [0.15, 0.2) is 48.5 Å². The molecule has 152 valence electrons. The van der Waals surface area contributed by atoms with Gasteiger partial charge in [-0.15, -0.1) is 0 Å². The molecule has 0 aliphatic carbocycles. The lowest BCUT2D eigenvalue weighted by Crippen LogP contribution is -2.05. The first-order valence-corrected chi connectivity index (χ1v) is 7.26. The molecule has 0 saturated heterocycles. The molecule has 10 nitrogen and oxygen atoms in total. The van der Waals surface area contributed by atoms with Crippen molar-refractivity contribution in [1.29, 1.82) is 0 Å². The zero-order chi connectivity index (χ0) is 19.9. The smallest absolute Gasteiger partial charge is 0.269 e. The normalized spacial score (nSPS) is 10.1. The van der Waals surface area contributed by atoms with E-state index >= 15 is 0 Å². The molecule has 0 fully saturated rings. The van der Waals surface area contributed by atoms with Gasteiger partial charge in [0, 0.05) is 47.2 Å². The minimum Gasteiger partial charge on any atom is -0.295 e. The van der Waals surface area contributed by atoms with Crippen molar-refractivity contribution in [3.8, 4) is 0 Å². The zero-order valence-corrected chi connectivity index (χ0v) is 13.9. The lowest BCUT2D eigenvalue weighted by molar-refractivity contribution is -0.524. The van der Waals surface area contributed by atoms with Crippen LogP contribution in [-0.2, 0) is 0 Å². The van der Waals surface area contributed by atoms with E-state index in [4.69, 9.17) is 0 Å². The van der Waals surface area contributed by atoms with Gasteiger partial charge in [-0.25, -0.2) is 0 Å². The molecule has 0 bridgehead atoms. The number of nitro groups is 3. The van der Waals surface area contributed by atoms with Crippen molar-refractivity contribution in [2.45, 2.75) is 34.7 Å². The predicted octanol–water partition coefficient (Wildman–Crippen LogP) is 5.00. The van der Waals surface area contributed by atoms with Gasteiger partial charge in [-0.3, -0.25) is 35.1 Å². The number of rotatable bonds is 5. The zero-order valence-electron chi connectivity index (χ0n) is 13.9. The van der Waals surface area contributed by atoms with E-state index in [2.05, 4.69) is 0 Å². The van der Waals surface area contributed by atoms with Crippen LogP contribution in [0, 0.1) is 30.3 Å². The number of nitrogens with zero attached hydrogens (tertiary/aromatic N) is 3. The quantitative estimate of drug-likeness (QED) is 0.394. The van der Waals surface area contributed by atoms with E-state index in [9.17, 15) is 35.1 Å². The largest absolute Gasteiger partial charge is 0.295 e. The molecular weight excluding hydrogens is 370 g/mol. The van der Waals surface area contributed by atoms with Crippen LogP contribution >= 0.6 is 0 Å². The van der Waals surface area contributed by atoms with Crippen molar-refractivity contribution in [2.75, 3.05) is 0 Å². The molecule has 2 aromatic rings. The van der Waals surface area contributed by atoms with Crippen LogP contribution in [0.2, 0.25) is 0 Å². The Kier molecular flexibility index (Phi) is 11.2. The monoisotopic (exact) mass is 393 g/mol. The maximum atomic E-state index is 10.8. The second-order valence-electron chi connectivity index (χ2n) is 5.17. The van der Waals surface area contributed by atoms with E-state index < -0.39 is 20.8 Å². The highest BCUT2D eigenvalue weighted by Crippen LogP contribution is 2.19. The summed E-state index contributed by atoms with van der Waals surface area (Å²) in [6, 6.07) is 9.99. The summed E-state index contributed by atoms with van der Waals surface area (Å²) in [5.41, 5.74) is 0.880. The highest BCUT2D eigenvalue weighted by Gasteiger charge is 2.16. The fourth-order valence-corrected chi connectivity index (χ4v) is 1.81. The van der Waals surface area contributed by atoms with Crippen LogP contribution in [0.25, 0.3) is 0 Å². The average molecular weight is 393 g/mol. The van der Waals surface area contributed by atoms with Crippen LogP contribution in [-0.4, -0.2) is 20.6 Å². The Morgan fingerprint density at radius 1 is 0.786 bits per heavy atom. The maximum Gasteiger partial charge on any atom is 0.269 e. The van der Waals surface area contributed by atoms with E-state index in [1.165, 1.54) is 62.4 Å². The first kappa shape index (κ1) is 26.5. The first-order valence-electron chi connectivity index (χ1n) is 7.26. The molecule has 0 aliphatic rings. The van der Waals surface area contributed by atoms with Crippen molar-refractivity contribution >= 4 is 17.2 Å². The summed E-state index contributed by atoms with van der Waals surface area (Å²) >= 11 is 0. The Morgan fingerprint density at radius 2 is 1.14 bits per heavy atom. The number of carbonyl (C=O) groups excluding carboxylic acids is 1. The molecule has 0 N–H and O–H groups in total. The van der Waals surface area contributed by atoms with Gasteiger partial charge in [0.1, 0.15) is 0 Å². The minimum atomic E-state index is -0.837. The van der Waals surface area contributed by atoms with E-state index in [1.54, 1.807) is 0 Å². The number of hydrogen-bond acceptors (Lipinski definition) is 7. The SMILES string of the molecule is C.C.CC(=O)c1ccc([N+](=O)[O-])cc1.CC(c1ccc([N+](=O)[O-])cc1)[N+](=O)[O-]. The fraction of sp³-hybridized carbons (Fsp3) is 0.278. The first-order chi connectivity index (χ1) is 12.1. The van der Waals surface area contributed by atoms with Gasteiger partial charge in [0.15, 0.2) is 5.78 Å². The molecule has 0 saturated carbocycles. The van der Waals surface area contributed by atoms with Crippen molar-refractivity contribution in [2.24, 2.45) is 0 Å². The van der Waals surface area contributed by atoms with E-state index in [0.29, 0.717) is 11.1 Å². The predicted molar refractivity (Wildman–Crippen MR) is 105 cm³/mol. The molecule has 0 amide bonds. The average Bonchev–Trinajstić information content (AvgIpc) is 2.61. The maximum absolute atomic E-state index is 10.8. The third kappa shape index (κ3) is 7.68. The summed E-state index contributed by atoms with van der Waals surface area (Å²) in [5, 5.41) is 30.9. The van der Waals surface area contributed by atoms with Crippen LogP contribution < -0.4 is 0 Å². The lowest BCUT2D eigenvalue weighted by Gasteiger charge is -2.02. The molecule has 1 unspecified atom stereocenters. The molecular formula is C18H23N3O7. The van der Waals surface area contributed by atoms with Gasteiger partial charge in [-0.05, 0) is 31.2 Å². The van der Waals surface area contributed by atoms with Gasteiger partial charge in [-0.1, -0.05) is 14.9 Å². The van der Waals surface area contributed by atoms with Crippen LogP contribution in [0.5, 0.6) is 0 Å². The number of benzene rings is 2. The number of non-ortho nitro benzene ring substituents is 2. The standard InChI is InChI=1S/C8H8N2O4.C8H7NO3.2CH4/c1-6(9(11)12)7-2-4-8(5-3-7)10(13)14;1-6(10)7-2-4-8(5-3-7)9(11)12;;/h2-6H,1H3;2-5H,1H3;2*1H4. The molecule has 2 rings (SSSR count). The van der Waals surface area contributed by atoms with Gasteiger partial charge in [0.2, 0.25) is 6.04 Å². The number of nitro benzene ring substituents is 2. The summed E-state index contributed by atoms with van der Waals surface area (Å²) in [6.45, 7) is 2.85. The van der Waals surface area contributed by atoms with Gasteiger partial charge in [-0.2, -0.15) is 0 Å². The number of carbonyl (C=O) groups is 1. The topological polar surface area (TPSA) is 146 Å². The highest BCUT2D eigenvalue weighted by atomic mass is 16.6. The van der Waals surface area contributed by atoms with Crippen molar-refractivity contribution < 1.29 is 19.6 Å². The molecule has 10 heteroatoms. The van der Waals surface area contributed by atoms with Crippen LogP contribution in [0.1, 0.15) is 50.7 Å². The number of ketones is 1. The summed E-state index contributed by atoms with van der Waals surface area (Å²) in [5.74, 6) is -0.0927. The van der Waals surface area contributed by atoms with Crippen LogP contribution in [0.4, 0.5) is 11.4 Å². The van der Waals surface area contributed by atoms with Crippen molar-refractivity contribution in [1.82, 2.24) is 0 Å². The van der Waals surface area contributed by atoms with Crippen molar-refractivity contribution in [3.05, 3.63) is 90.0 Å². The summed E-state index contributed by atoms with van der Waals surface area (Å²) in [7, 11) is 0. The Labute approximate surface area is 162 Å². The molecule has 0 aliphatic heterocycles. The molecule has 0 radical (unpaired) electrons. The third-order valence-electron chi connectivity index (χ3n) is 3.39. The molecule has 0 spiro atoms. The van der Waals surface area contributed by atoms with E-state index in [-0.39, 0.29) is 32.0 Å². The second kappa shape index (κ2) is 11.8. The number of hydrogen-bond donors (Lipinski definition) is 0. The Bertz CT molecular complexity index is 785. The lowest BCUT2D eigenvalue weighted by atomic mass is 10.1. The molecule has 28 heavy (non-hydrogen) atoms. The van der Waals surface area contributed by atoms with Gasteiger partial charge >= 0.3 is 0 Å². The van der Waals surface area contributed by atoms with E-state index in [1.807, 2.05) is 0 Å². The summed E-state index contributed by atoms with van der Waals surface area (Å²) < 4.78 is 0. The van der Waals surface area contributed by atoms with Gasteiger partial charge < -0.3 is 0 Å². The molecule has 2 aromatic carbocycles. The molecule has 1 atom stereocenters. The Balaban J connectivity index is 0. The van der Waals surface area contributed by atoms with Crippen LogP contribution in [0.3, 0.4) is 0 Å². The molecule has 0 heterocycles. The summed E-state index contributed by atoms with van der Waals surface area (Å²) in [6.07, 6.45) is 0. The minimum absolute atomic E-state index is 0. The fourth-order valence-electron chi connectivity index (χ4n) is 1.81. The Hall–Kier alpha value is -3.69. The van der Waals surface area contributed by atoms with Crippen molar-refractivity contribution in [3.63, 3.8) is 0 Å². The highest BCUT2D eigenvalue weighted by molar-refractivity contribution is 5.94.